The Morgan fingerprint density at radius 1 is 1.17 bits per heavy atom. The van der Waals surface area contributed by atoms with E-state index in [0.717, 1.165) is 16.9 Å². The second-order valence-electron chi connectivity index (χ2n) is 5.89. The number of hydrogen-bond acceptors (Lipinski definition) is 3. The molecular weight excluding hydrogens is 304 g/mol. The third-order valence-corrected chi connectivity index (χ3v) is 4.16. The number of fused-ring (bicyclic) bond motifs is 1. The van der Waals surface area contributed by atoms with E-state index in [1.54, 1.807) is 31.1 Å². The van der Waals surface area contributed by atoms with Gasteiger partial charge in [-0.1, -0.05) is 30.3 Å². The van der Waals surface area contributed by atoms with Gasteiger partial charge in [-0.3, -0.25) is 9.59 Å². The minimum absolute atomic E-state index is 0.0402. The second kappa shape index (κ2) is 6.74. The maximum Gasteiger partial charge on any atom is 0.264 e. The fourth-order valence-electron chi connectivity index (χ4n) is 2.82. The van der Waals surface area contributed by atoms with Crippen LogP contribution in [0.5, 0.6) is 5.75 Å². The number of amides is 2. The SMILES string of the molecule is CNC(=O)c1ccc(CN(C)C(=O)C2Cc3ccccc3O2)cc1. The highest BCUT2D eigenvalue weighted by Crippen LogP contribution is 2.29. The van der Waals surface area contributed by atoms with Crippen molar-refractivity contribution in [3.8, 4) is 5.75 Å². The van der Waals surface area contributed by atoms with E-state index in [0.29, 0.717) is 18.5 Å². The molecule has 0 saturated carbocycles. The quantitative estimate of drug-likeness (QED) is 0.936. The number of ether oxygens (including phenoxy) is 1. The van der Waals surface area contributed by atoms with Gasteiger partial charge in [-0.2, -0.15) is 0 Å². The summed E-state index contributed by atoms with van der Waals surface area (Å²) in [5.74, 6) is 0.629. The monoisotopic (exact) mass is 324 g/mol. The molecule has 0 bridgehead atoms. The minimum Gasteiger partial charge on any atom is -0.480 e. The van der Waals surface area contributed by atoms with E-state index in [1.165, 1.54) is 0 Å². The van der Waals surface area contributed by atoms with E-state index < -0.39 is 6.10 Å². The highest BCUT2D eigenvalue weighted by Gasteiger charge is 2.30. The molecule has 124 valence electrons. The summed E-state index contributed by atoms with van der Waals surface area (Å²) in [6.07, 6.45) is 0.145. The van der Waals surface area contributed by atoms with Crippen LogP contribution < -0.4 is 10.1 Å². The highest BCUT2D eigenvalue weighted by molar-refractivity contribution is 5.93. The van der Waals surface area contributed by atoms with Gasteiger partial charge in [-0.05, 0) is 29.3 Å². The molecule has 1 atom stereocenters. The van der Waals surface area contributed by atoms with Crippen LogP contribution in [-0.2, 0) is 17.8 Å². The predicted octanol–water partition coefficient (Wildman–Crippen LogP) is 2.01. The lowest BCUT2D eigenvalue weighted by atomic mass is 10.1. The summed E-state index contributed by atoms with van der Waals surface area (Å²) in [5.41, 5.74) is 2.64. The van der Waals surface area contributed by atoms with Gasteiger partial charge in [0.05, 0.1) is 0 Å². The van der Waals surface area contributed by atoms with Gasteiger partial charge >= 0.3 is 0 Å². The predicted molar refractivity (Wildman–Crippen MR) is 90.9 cm³/mol. The summed E-state index contributed by atoms with van der Waals surface area (Å²) in [7, 11) is 3.36. The number of hydrogen-bond donors (Lipinski definition) is 1. The lowest BCUT2D eigenvalue weighted by Gasteiger charge is -2.21. The number of likely N-dealkylation sites (N-methyl/N-ethyl adjacent to an activating group) is 1. The Morgan fingerprint density at radius 3 is 2.54 bits per heavy atom. The van der Waals surface area contributed by atoms with Crippen molar-refractivity contribution in [1.29, 1.82) is 0 Å². The van der Waals surface area contributed by atoms with Crippen LogP contribution in [0.4, 0.5) is 0 Å². The van der Waals surface area contributed by atoms with Crippen molar-refractivity contribution in [1.82, 2.24) is 10.2 Å². The molecule has 0 aliphatic carbocycles. The standard InChI is InChI=1S/C19H20N2O3/c1-20-18(22)14-9-7-13(8-10-14)12-21(2)19(23)17-11-15-5-3-4-6-16(15)24-17/h3-10,17H,11-12H2,1-2H3,(H,20,22). The van der Waals surface area contributed by atoms with E-state index >= 15 is 0 Å². The van der Waals surface area contributed by atoms with E-state index in [9.17, 15) is 9.59 Å². The topological polar surface area (TPSA) is 58.6 Å². The molecule has 1 aliphatic heterocycles. The van der Waals surface area contributed by atoms with Crippen molar-refractivity contribution < 1.29 is 14.3 Å². The van der Waals surface area contributed by atoms with Crippen LogP contribution in [0.1, 0.15) is 21.5 Å². The maximum absolute atomic E-state index is 12.6. The van der Waals surface area contributed by atoms with Crippen LogP contribution in [0.2, 0.25) is 0 Å². The number of nitrogens with one attached hydrogen (secondary N) is 1. The molecule has 0 aromatic heterocycles. The molecule has 0 fully saturated rings. The number of nitrogens with zero attached hydrogens (tertiary/aromatic N) is 1. The fourth-order valence-corrected chi connectivity index (χ4v) is 2.82. The van der Waals surface area contributed by atoms with Gasteiger partial charge in [0.1, 0.15) is 5.75 Å². The lowest BCUT2D eigenvalue weighted by molar-refractivity contribution is -0.137. The first-order valence-electron chi connectivity index (χ1n) is 7.89. The van der Waals surface area contributed by atoms with Gasteiger partial charge in [-0.15, -0.1) is 0 Å². The Labute approximate surface area is 141 Å². The van der Waals surface area contributed by atoms with Crippen LogP contribution >= 0.6 is 0 Å². The first-order chi connectivity index (χ1) is 11.6. The number of rotatable bonds is 4. The first-order valence-corrected chi connectivity index (χ1v) is 7.89. The van der Waals surface area contributed by atoms with E-state index in [-0.39, 0.29) is 11.8 Å². The highest BCUT2D eigenvalue weighted by atomic mass is 16.5. The van der Waals surface area contributed by atoms with E-state index in [2.05, 4.69) is 5.32 Å². The van der Waals surface area contributed by atoms with Crippen molar-refractivity contribution in [3.63, 3.8) is 0 Å². The molecule has 5 nitrogen and oxygen atoms in total. The van der Waals surface area contributed by atoms with Gasteiger partial charge in [0, 0.05) is 32.6 Å². The molecule has 1 N–H and O–H groups in total. The Morgan fingerprint density at radius 2 is 1.88 bits per heavy atom. The van der Waals surface area contributed by atoms with Crippen LogP contribution in [0.25, 0.3) is 0 Å². The zero-order valence-electron chi connectivity index (χ0n) is 13.8. The molecule has 1 aliphatic rings. The molecular formula is C19H20N2O3. The Bertz CT molecular complexity index is 730. The molecule has 2 amide bonds. The van der Waals surface area contributed by atoms with Crippen molar-refractivity contribution in [2.45, 2.75) is 19.1 Å². The molecule has 0 radical (unpaired) electrons. The van der Waals surface area contributed by atoms with Crippen molar-refractivity contribution in [2.75, 3.05) is 14.1 Å². The third-order valence-electron chi connectivity index (χ3n) is 4.16. The second-order valence-corrected chi connectivity index (χ2v) is 5.89. The van der Waals surface area contributed by atoms with Crippen LogP contribution in [0.15, 0.2) is 48.5 Å². The van der Waals surface area contributed by atoms with Crippen molar-refractivity contribution in [3.05, 3.63) is 65.2 Å². The molecule has 3 rings (SSSR count). The molecule has 0 spiro atoms. The third kappa shape index (κ3) is 3.25. The number of benzene rings is 2. The number of carbonyl (C=O) groups is 2. The van der Waals surface area contributed by atoms with Crippen molar-refractivity contribution in [2.24, 2.45) is 0 Å². The summed E-state index contributed by atoms with van der Waals surface area (Å²) in [6, 6.07) is 15.0. The zero-order valence-corrected chi connectivity index (χ0v) is 13.8. The summed E-state index contributed by atoms with van der Waals surface area (Å²) < 4.78 is 5.75. The van der Waals surface area contributed by atoms with Gasteiger partial charge in [0.15, 0.2) is 6.10 Å². The summed E-state index contributed by atoms with van der Waals surface area (Å²) in [6.45, 7) is 0.475. The summed E-state index contributed by atoms with van der Waals surface area (Å²) in [4.78, 5) is 25.8. The molecule has 24 heavy (non-hydrogen) atoms. The van der Waals surface area contributed by atoms with E-state index in [4.69, 9.17) is 4.74 Å². The first kappa shape index (κ1) is 16.1. The smallest absolute Gasteiger partial charge is 0.264 e. The average molecular weight is 324 g/mol. The molecule has 1 heterocycles. The summed E-state index contributed by atoms with van der Waals surface area (Å²) >= 11 is 0. The number of carbonyl (C=O) groups excluding carboxylic acids is 2. The van der Waals surface area contributed by atoms with Crippen LogP contribution in [-0.4, -0.2) is 36.9 Å². The van der Waals surface area contributed by atoms with Crippen LogP contribution in [0.3, 0.4) is 0 Å². The number of para-hydroxylation sites is 1. The maximum atomic E-state index is 12.6. The molecule has 2 aromatic carbocycles. The summed E-state index contributed by atoms with van der Waals surface area (Å²) in [5, 5.41) is 2.59. The zero-order chi connectivity index (χ0) is 17.1. The minimum atomic E-state index is -0.461. The Hall–Kier alpha value is -2.82. The largest absolute Gasteiger partial charge is 0.480 e. The molecule has 0 saturated heterocycles. The molecule has 5 heteroatoms. The van der Waals surface area contributed by atoms with Gasteiger partial charge in [-0.25, -0.2) is 0 Å². The van der Waals surface area contributed by atoms with Gasteiger partial charge < -0.3 is 15.0 Å². The fraction of sp³-hybridized carbons (Fsp3) is 0.263. The molecule has 1 unspecified atom stereocenters. The Kier molecular flexibility index (Phi) is 4.51. The van der Waals surface area contributed by atoms with E-state index in [1.807, 2.05) is 36.4 Å². The average Bonchev–Trinajstić information content (AvgIpc) is 3.05. The lowest BCUT2D eigenvalue weighted by Crippen LogP contribution is -2.38. The normalized spacial score (nSPS) is 15.3. The molecule has 2 aromatic rings. The van der Waals surface area contributed by atoms with Crippen LogP contribution in [0, 0.1) is 0 Å². The van der Waals surface area contributed by atoms with Gasteiger partial charge in [0.2, 0.25) is 0 Å². The van der Waals surface area contributed by atoms with Crippen molar-refractivity contribution >= 4 is 11.8 Å². The Balaban J connectivity index is 1.62. The van der Waals surface area contributed by atoms with Gasteiger partial charge in [0.25, 0.3) is 11.8 Å².